The number of carbonyl (C=O) groups excluding carboxylic acids is 2. The highest BCUT2D eigenvalue weighted by atomic mass is 19.1. The van der Waals surface area contributed by atoms with Gasteiger partial charge in [-0.05, 0) is 25.1 Å². The molecule has 2 aromatic heterocycles. The number of anilines is 1. The minimum Gasteiger partial charge on any atom is -0.361 e. The van der Waals surface area contributed by atoms with E-state index in [9.17, 15) is 14.0 Å². The highest BCUT2D eigenvalue weighted by Crippen LogP contribution is 2.32. The van der Waals surface area contributed by atoms with Gasteiger partial charge in [0.15, 0.2) is 0 Å². The van der Waals surface area contributed by atoms with Crippen LogP contribution in [0.25, 0.3) is 4.85 Å². The quantitative estimate of drug-likeness (QED) is 0.587. The van der Waals surface area contributed by atoms with Crippen LogP contribution in [0.3, 0.4) is 0 Å². The van der Waals surface area contributed by atoms with Crippen molar-refractivity contribution in [2.75, 3.05) is 18.9 Å². The third-order valence-electron chi connectivity index (χ3n) is 6.36. The third-order valence-corrected chi connectivity index (χ3v) is 6.36. The normalized spacial score (nSPS) is 19.8. The van der Waals surface area contributed by atoms with E-state index in [4.69, 9.17) is 16.2 Å². The fraction of sp³-hybridized carbons (Fsp3) is 0.348. The van der Waals surface area contributed by atoms with Crippen molar-refractivity contribution in [3.63, 3.8) is 0 Å². The SMILES string of the molecule is [C-]#[N+]c1cc(NC(=O)N2Cc3c(nn4c3C(=O)N(C)C[C@@H](c3ccno3)C4)C[C@H]2C)ccc1F. The number of amides is 3. The Morgan fingerprint density at radius 2 is 2.15 bits per heavy atom. The molecule has 0 unspecified atom stereocenters. The average Bonchev–Trinajstić information content (AvgIpc) is 3.44. The summed E-state index contributed by atoms with van der Waals surface area (Å²) in [5.74, 6) is -0.205. The van der Waals surface area contributed by atoms with Crippen molar-refractivity contribution in [3.05, 3.63) is 70.4 Å². The van der Waals surface area contributed by atoms with E-state index in [1.807, 2.05) is 6.92 Å². The highest BCUT2D eigenvalue weighted by Gasteiger charge is 2.37. The lowest BCUT2D eigenvalue weighted by Crippen LogP contribution is -2.45. The van der Waals surface area contributed by atoms with Gasteiger partial charge in [-0.1, -0.05) is 5.16 Å². The van der Waals surface area contributed by atoms with Crippen LogP contribution < -0.4 is 5.32 Å². The maximum Gasteiger partial charge on any atom is 0.322 e. The van der Waals surface area contributed by atoms with Gasteiger partial charge in [-0.2, -0.15) is 5.10 Å². The summed E-state index contributed by atoms with van der Waals surface area (Å²) >= 11 is 0. The lowest BCUT2D eigenvalue weighted by Gasteiger charge is -2.33. The molecule has 0 fully saturated rings. The van der Waals surface area contributed by atoms with Crippen LogP contribution in [-0.4, -0.2) is 56.3 Å². The van der Waals surface area contributed by atoms with Crippen molar-refractivity contribution in [1.29, 1.82) is 0 Å². The Morgan fingerprint density at radius 1 is 1.32 bits per heavy atom. The zero-order valence-corrected chi connectivity index (χ0v) is 18.7. The van der Waals surface area contributed by atoms with Crippen molar-refractivity contribution in [2.45, 2.75) is 38.4 Å². The first kappa shape index (κ1) is 21.6. The second-order valence-corrected chi connectivity index (χ2v) is 8.64. The maximum atomic E-state index is 13.6. The van der Waals surface area contributed by atoms with E-state index in [0.29, 0.717) is 36.7 Å². The topological polar surface area (TPSA) is 101 Å². The van der Waals surface area contributed by atoms with Crippen molar-refractivity contribution >= 4 is 23.3 Å². The second-order valence-electron chi connectivity index (χ2n) is 8.64. The molecule has 3 amide bonds. The van der Waals surface area contributed by atoms with E-state index in [-0.39, 0.29) is 30.1 Å². The Morgan fingerprint density at radius 3 is 2.88 bits per heavy atom. The third kappa shape index (κ3) is 3.67. The molecule has 1 aromatic carbocycles. The van der Waals surface area contributed by atoms with Crippen LogP contribution in [0.5, 0.6) is 0 Å². The highest BCUT2D eigenvalue weighted by molar-refractivity contribution is 5.95. The molecule has 2 atom stereocenters. The predicted molar refractivity (Wildman–Crippen MR) is 119 cm³/mol. The van der Waals surface area contributed by atoms with Gasteiger partial charge in [0.2, 0.25) is 5.69 Å². The van der Waals surface area contributed by atoms with E-state index in [1.165, 1.54) is 12.1 Å². The molecule has 2 aliphatic rings. The number of halogens is 1. The van der Waals surface area contributed by atoms with E-state index in [1.54, 1.807) is 33.8 Å². The predicted octanol–water partition coefficient (Wildman–Crippen LogP) is 3.41. The summed E-state index contributed by atoms with van der Waals surface area (Å²) in [6, 6.07) is 5.09. The number of likely N-dealkylation sites (N-methyl/N-ethyl adjacent to an activating group) is 1. The number of hydrogen-bond donors (Lipinski definition) is 1. The van der Waals surface area contributed by atoms with Crippen LogP contribution in [0.2, 0.25) is 0 Å². The van der Waals surface area contributed by atoms with Gasteiger partial charge in [-0.25, -0.2) is 14.0 Å². The van der Waals surface area contributed by atoms with Crippen molar-refractivity contribution in [1.82, 2.24) is 24.7 Å². The van der Waals surface area contributed by atoms with Gasteiger partial charge in [0.1, 0.15) is 17.3 Å². The number of nitrogens with one attached hydrogen (secondary N) is 1. The number of benzene rings is 1. The van der Waals surface area contributed by atoms with Gasteiger partial charge in [0.25, 0.3) is 5.91 Å². The Labute approximate surface area is 194 Å². The molecule has 5 rings (SSSR count). The molecule has 1 N–H and O–H groups in total. The molecule has 174 valence electrons. The van der Waals surface area contributed by atoms with Crippen LogP contribution in [0.15, 0.2) is 35.0 Å². The molecule has 11 heteroatoms. The Hall–Kier alpha value is -4.20. The van der Waals surface area contributed by atoms with E-state index >= 15 is 0 Å². The smallest absolute Gasteiger partial charge is 0.322 e. The molecule has 34 heavy (non-hydrogen) atoms. The average molecular weight is 463 g/mol. The van der Waals surface area contributed by atoms with E-state index in [0.717, 1.165) is 17.3 Å². The van der Waals surface area contributed by atoms with Gasteiger partial charge in [-0.15, -0.1) is 0 Å². The summed E-state index contributed by atoms with van der Waals surface area (Å²) in [5.41, 5.74) is 2.16. The first-order valence-electron chi connectivity index (χ1n) is 10.8. The lowest BCUT2D eigenvalue weighted by atomic mass is 9.99. The summed E-state index contributed by atoms with van der Waals surface area (Å²) in [7, 11) is 1.74. The number of hydrogen-bond acceptors (Lipinski definition) is 5. The maximum absolute atomic E-state index is 13.6. The second kappa shape index (κ2) is 8.30. The van der Waals surface area contributed by atoms with E-state index in [2.05, 4.69) is 15.3 Å². The molecule has 0 spiro atoms. The van der Waals surface area contributed by atoms with E-state index < -0.39 is 11.8 Å². The molecule has 3 aromatic rings. The first-order valence-corrected chi connectivity index (χ1v) is 10.8. The van der Waals surface area contributed by atoms with Crippen molar-refractivity contribution in [2.24, 2.45) is 0 Å². The zero-order valence-electron chi connectivity index (χ0n) is 18.7. The van der Waals surface area contributed by atoms with Gasteiger partial charge in [0.05, 0.1) is 37.5 Å². The number of nitrogens with zero attached hydrogens (tertiary/aromatic N) is 6. The summed E-state index contributed by atoms with van der Waals surface area (Å²) in [5, 5.41) is 11.3. The van der Waals surface area contributed by atoms with Gasteiger partial charge >= 0.3 is 6.03 Å². The minimum atomic E-state index is -0.641. The van der Waals surface area contributed by atoms with Crippen LogP contribution in [0.1, 0.15) is 40.3 Å². The molecular formula is C23H22FN7O3. The monoisotopic (exact) mass is 463 g/mol. The summed E-state index contributed by atoms with van der Waals surface area (Å²) in [6.07, 6.45) is 2.07. The summed E-state index contributed by atoms with van der Waals surface area (Å²) in [4.78, 5) is 32.8. The number of carbonyl (C=O) groups is 2. The summed E-state index contributed by atoms with van der Waals surface area (Å²) < 4.78 is 20.7. The largest absolute Gasteiger partial charge is 0.361 e. The molecular weight excluding hydrogens is 441 g/mol. The molecule has 0 bridgehead atoms. The standard InChI is InChI=1S/C23H22FN7O3/c1-13-8-18-16(12-30(13)23(33)27-15-4-5-17(24)19(9-15)25-2)21-22(32)29(3)10-14(11-31(21)28-18)20-6-7-26-34-20/h4-7,9,13-14H,8,10-12H2,1,3H3,(H,27,33)/t13-,14-/m1/s1. The minimum absolute atomic E-state index is 0.0917. The van der Waals surface area contributed by atoms with Crippen molar-refractivity contribution < 1.29 is 18.5 Å². The van der Waals surface area contributed by atoms with Crippen LogP contribution >= 0.6 is 0 Å². The molecule has 2 aliphatic heterocycles. The van der Waals surface area contributed by atoms with Crippen LogP contribution in [0.4, 0.5) is 20.6 Å². The molecule has 0 saturated heterocycles. The fourth-order valence-electron chi connectivity index (χ4n) is 4.59. The van der Waals surface area contributed by atoms with Crippen LogP contribution in [0, 0.1) is 12.4 Å². The fourth-order valence-corrected chi connectivity index (χ4v) is 4.59. The Kier molecular flexibility index (Phi) is 5.28. The number of fused-ring (bicyclic) bond motifs is 3. The number of aromatic nitrogens is 3. The molecule has 0 aliphatic carbocycles. The van der Waals surface area contributed by atoms with Crippen LogP contribution in [-0.2, 0) is 19.5 Å². The van der Waals surface area contributed by atoms with Crippen molar-refractivity contribution in [3.8, 4) is 0 Å². The number of rotatable bonds is 2. The summed E-state index contributed by atoms with van der Waals surface area (Å²) in [6.45, 7) is 10.1. The zero-order chi connectivity index (χ0) is 24.0. The van der Waals surface area contributed by atoms with Gasteiger partial charge < -0.3 is 19.6 Å². The molecule has 10 nitrogen and oxygen atoms in total. The first-order chi connectivity index (χ1) is 16.4. The molecule has 4 heterocycles. The Bertz CT molecular complexity index is 1310. The molecule has 0 radical (unpaired) electrons. The van der Waals surface area contributed by atoms with Gasteiger partial charge in [-0.3, -0.25) is 9.48 Å². The lowest BCUT2D eigenvalue weighted by molar-refractivity contribution is 0.0785. The number of urea groups is 1. The Balaban J connectivity index is 1.43. The molecule has 0 saturated carbocycles. The van der Waals surface area contributed by atoms with Gasteiger partial charge in [0, 0.05) is 43.4 Å².